The van der Waals surface area contributed by atoms with Crippen LogP contribution < -0.4 is 0 Å². The summed E-state index contributed by atoms with van der Waals surface area (Å²) in [4.78, 5) is 38.1. The van der Waals surface area contributed by atoms with E-state index in [1.807, 2.05) is 0 Å². The van der Waals surface area contributed by atoms with Crippen LogP contribution >= 0.6 is 0 Å². The number of unbranched alkanes of at least 4 members (excludes halogenated alkanes) is 36. The third-order valence-electron chi connectivity index (χ3n) is 13.7. The van der Waals surface area contributed by atoms with Gasteiger partial charge in [0.15, 0.2) is 6.10 Å². The van der Waals surface area contributed by atoms with Gasteiger partial charge < -0.3 is 14.2 Å². The maximum absolute atomic E-state index is 12.8. The molecule has 1 unspecified atom stereocenters. The lowest BCUT2D eigenvalue weighted by atomic mass is 10.0. The molecule has 0 aliphatic rings. The summed E-state index contributed by atoms with van der Waals surface area (Å²) in [6.07, 6.45) is 76.8. The molecule has 0 heterocycles. The van der Waals surface area contributed by atoms with Gasteiger partial charge in [-0.3, -0.25) is 14.4 Å². The first-order valence-electron chi connectivity index (χ1n) is 31.3. The van der Waals surface area contributed by atoms with Crippen molar-refractivity contribution in [2.24, 2.45) is 0 Å². The first kappa shape index (κ1) is 69.1. The highest BCUT2D eigenvalue weighted by Gasteiger charge is 2.19. The fraction of sp³-hybridized carbons (Fsp3) is 0.803. The summed E-state index contributed by atoms with van der Waals surface area (Å²) < 4.78 is 16.8. The predicted octanol–water partition coefficient (Wildman–Crippen LogP) is 21.2. The normalized spacial score (nSPS) is 12.4. The number of hydrogen-bond donors (Lipinski definition) is 0. The fourth-order valence-corrected chi connectivity index (χ4v) is 9.09. The van der Waals surface area contributed by atoms with Crippen molar-refractivity contribution in [1.29, 1.82) is 0 Å². The summed E-state index contributed by atoms with van der Waals surface area (Å²) >= 11 is 0. The van der Waals surface area contributed by atoms with Gasteiger partial charge in [0.1, 0.15) is 13.2 Å². The molecule has 0 aromatic rings. The molecule has 6 heteroatoms. The molecule has 0 aliphatic carbocycles. The van der Waals surface area contributed by atoms with Crippen LogP contribution in [0.1, 0.15) is 323 Å². The summed E-state index contributed by atoms with van der Waals surface area (Å²) in [5, 5.41) is 0. The highest BCUT2D eigenvalue weighted by atomic mass is 16.6. The van der Waals surface area contributed by atoms with Gasteiger partial charge >= 0.3 is 17.9 Å². The van der Waals surface area contributed by atoms with Crippen LogP contribution in [-0.2, 0) is 28.6 Å². The molecule has 418 valence electrons. The Morgan fingerprint density at radius 1 is 0.292 bits per heavy atom. The maximum atomic E-state index is 12.8. The molecule has 1 atom stereocenters. The van der Waals surface area contributed by atoms with Crippen LogP contribution in [0.2, 0.25) is 0 Å². The molecule has 0 saturated carbocycles. The zero-order valence-corrected chi connectivity index (χ0v) is 47.9. The van der Waals surface area contributed by atoms with E-state index in [-0.39, 0.29) is 31.1 Å². The minimum Gasteiger partial charge on any atom is -0.462 e. The van der Waals surface area contributed by atoms with Crippen molar-refractivity contribution in [3.63, 3.8) is 0 Å². The molecular formula is C66H118O6. The molecule has 0 aliphatic heterocycles. The van der Waals surface area contributed by atoms with Crippen molar-refractivity contribution < 1.29 is 28.6 Å². The van der Waals surface area contributed by atoms with E-state index in [1.165, 1.54) is 173 Å². The molecule has 0 spiro atoms. The van der Waals surface area contributed by atoms with E-state index in [1.54, 1.807) is 0 Å². The second-order valence-electron chi connectivity index (χ2n) is 20.9. The van der Waals surface area contributed by atoms with Crippen molar-refractivity contribution in [1.82, 2.24) is 0 Å². The second kappa shape index (κ2) is 60.7. The number of rotatable bonds is 57. The Kier molecular flexibility index (Phi) is 58.2. The van der Waals surface area contributed by atoms with Gasteiger partial charge in [0, 0.05) is 19.3 Å². The van der Waals surface area contributed by atoms with Crippen LogP contribution in [0.15, 0.2) is 60.8 Å². The topological polar surface area (TPSA) is 78.9 Å². The molecule has 0 fully saturated rings. The summed E-state index contributed by atoms with van der Waals surface area (Å²) in [6, 6.07) is 0. The van der Waals surface area contributed by atoms with Gasteiger partial charge in [-0.1, -0.05) is 287 Å². The van der Waals surface area contributed by atoms with Crippen LogP contribution in [0, 0.1) is 0 Å². The summed E-state index contributed by atoms with van der Waals surface area (Å²) in [6.45, 7) is 6.48. The predicted molar refractivity (Wildman–Crippen MR) is 312 cm³/mol. The van der Waals surface area contributed by atoms with Gasteiger partial charge in [-0.05, 0) is 77.0 Å². The third-order valence-corrected chi connectivity index (χ3v) is 13.7. The smallest absolute Gasteiger partial charge is 0.306 e. The van der Waals surface area contributed by atoms with Crippen LogP contribution in [0.3, 0.4) is 0 Å². The Balaban J connectivity index is 4.18. The van der Waals surface area contributed by atoms with Gasteiger partial charge in [-0.2, -0.15) is 0 Å². The molecule has 0 bridgehead atoms. The molecule has 0 aromatic heterocycles. The van der Waals surface area contributed by atoms with E-state index in [2.05, 4.69) is 81.5 Å². The van der Waals surface area contributed by atoms with Crippen molar-refractivity contribution in [3.05, 3.63) is 60.8 Å². The number of esters is 3. The zero-order chi connectivity index (χ0) is 52.2. The minimum absolute atomic E-state index is 0.0844. The van der Waals surface area contributed by atoms with Crippen LogP contribution in [0.25, 0.3) is 0 Å². The van der Waals surface area contributed by atoms with Gasteiger partial charge in [0.2, 0.25) is 0 Å². The first-order valence-corrected chi connectivity index (χ1v) is 31.3. The van der Waals surface area contributed by atoms with Gasteiger partial charge in [0.05, 0.1) is 0 Å². The monoisotopic (exact) mass is 1010 g/mol. The van der Waals surface area contributed by atoms with Gasteiger partial charge in [-0.25, -0.2) is 0 Å². The number of allylic oxidation sites excluding steroid dienone is 10. The number of carbonyl (C=O) groups is 3. The zero-order valence-electron chi connectivity index (χ0n) is 47.9. The minimum atomic E-state index is -0.789. The molecule has 0 radical (unpaired) electrons. The van der Waals surface area contributed by atoms with E-state index in [4.69, 9.17) is 14.2 Å². The lowest BCUT2D eigenvalue weighted by Gasteiger charge is -2.18. The van der Waals surface area contributed by atoms with Crippen LogP contribution in [-0.4, -0.2) is 37.2 Å². The Morgan fingerprint density at radius 2 is 0.569 bits per heavy atom. The van der Waals surface area contributed by atoms with Crippen LogP contribution in [0.5, 0.6) is 0 Å². The van der Waals surface area contributed by atoms with E-state index in [0.29, 0.717) is 19.3 Å². The Labute approximate surface area is 447 Å². The molecule has 0 amide bonds. The Morgan fingerprint density at radius 3 is 0.917 bits per heavy atom. The lowest BCUT2D eigenvalue weighted by Crippen LogP contribution is -2.30. The average Bonchev–Trinajstić information content (AvgIpc) is 3.38. The number of ether oxygens (including phenoxy) is 3. The van der Waals surface area contributed by atoms with Gasteiger partial charge in [0.25, 0.3) is 0 Å². The summed E-state index contributed by atoms with van der Waals surface area (Å²) in [5.74, 6) is -0.906. The standard InChI is InChI=1S/C66H118O6/c1-4-7-10-13-16-19-22-24-26-28-29-30-31-32-33-34-35-36-37-39-40-42-44-47-50-53-56-59-65(68)71-62-63(61-70-64(67)58-55-52-49-46-21-18-15-12-9-6-3)72-66(69)60-57-54-51-48-45-43-41-38-27-25-23-20-17-14-11-8-5-2/h8,11-12,15,17,20,25,27,41,43,63H,4-7,9-10,13-14,16,18-19,21-24,26,28-40,42,44-62H2,1-3H3/b11-8-,15-12-,20-17-,27-25-,43-41-. The van der Waals surface area contributed by atoms with Crippen molar-refractivity contribution in [2.45, 2.75) is 329 Å². The maximum Gasteiger partial charge on any atom is 0.306 e. The molecule has 72 heavy (non-hydrogen) atoms. The molecule has 0 rings (SSSR count). The highest BCUT2D eigenvalue weighted by Crippen LogP contribution is 2.17. The molecule has 6 nitrogen and oxygen atoms in total. The Hall–Kier alpha value is -2.89. The lowest BCUT2D eigenvalue weighted by molar-refractivity contribution is -0.167. The molecule has 0 N–H and O–H groups in total. The molecular weight excluding hydrogens is 889 g/mol. The Bertz CT molecular complexity index is 1290. The number of hydrogen-bond acceptors (Lipinski definition) is 6. The average molecular weight is 1010 g/mol. The van der Waals surface area contributed by atoms with E-state index in [0.717, 1.165) is 109 Å². The van der Waals surface area contributed by atoms with E-state index < -0.39 is 6.10 Å². The summed E-state index contributed by atoms with van der Waals surface area (Å²) in [5.41, 5.74) is 0. The molecule has 0 aromatic carbocycles. The fourth-order valence-electron chi connectivity index (χ4n) is 9.09. The third kappa shape index (κ3) is 58.0. The van der Waals surface area contributed by atoms with E-state index in [9.17, 15) is 14.4 Å². The van der Waals surface area contributed by atoms with E-state index >= 15 is 0 Å². The van der Waals surface area contributed by atoms with Crippen molar-refractivity contribution >= 4 is 17.9 Å². The summed E-state index contributed by atoms with van der Waals surface area (Å²) in [7, 11) is 0. The molecule has 0 saturated heterocycles. The van der Waals surface area contributed by atoms with Gasteiger partial charge in [-0.15, -0.1) is 0 Å². The second-order valence-corrected chi connectivity index (χ2v) is 20.9. The first-order chi connectivity index (χ1) is 35.5. The number of carbonyl (C=O) groups excluding carboxylic acids is 3. The van der Waals surface area contributed by atoms with Crippen molar-refractivity contribution in [2.75, 3.05) is 13.2 Å². The van der Waals surface area contributed by atoms with Crippen LogP contribution in [0.4, 0.5) is 0 Å². The quantitative estimate of drug-likeness (QED) is 0.0261. The highest BCUT2D eigenvalue weighted by molar-refractivity contribution is 5.71. The van der Waals surface area contributed by atoms with Crippen molar-refractivity contribution in [3.8, 4) is 0 Å². The SMILES string of the molecule is CC/C=C\C/C=C\C/C=C\C/C=C\CCCCCCC(=O)OC(COC(=O)CCCCCCC/C=C\CCC)COC(=O)CCCCCCCCCCCCCCCCCCCCCCCCCCCCC. The largest absolute Gasteiger partial charge is 0.462 e.